The first-order valence-electron chi connectivity index (χ1n) is 8.79. The van der Waals surface area contributed by atoms with Gasteiger partial charge in [-0.2, -0.15) is 0 Å². The molecule has 134 valence electrons. The van der Waals surface area contributed by atoms with Crippen LogP contribution in [0.1, 0.15) is 35.1 Å². The first-order valence-corrected chi connectivity index (χ1v) is 9.17. The third-order valence-electron chi connectivity index (χ3n) is 5.20. The van der Waals surface area contributed by atoms with Gasteiger partial charge in [-0.15, -0.1) is 0 Å². The van der Waals surface area contributed by atoms with Crippen LogP contribution in [0.2, 0.25) is 5.15 Å². The van der Waals surface area contributed by atoms with E-state index in [-0.39, 0.29) is 5.92 Å². The van der Waals surface area contributed by atoms with Crippen LogP contribution in [0.15, 0.2) is 45.6 Å². The average Bonchev–Trinajstić information content (AvgIpc) is 2.62. The van der Waals surface area contributed by atoms with E-state index < -0.39 is 5.63 Å². The van der Waals surface area contributed by atoms with Crippen molar-refractivity contribution in [1.29, 1.82) is 0 Å². The number of aromatic nitrogens is 1. The van der Waals surface area contributed by atoms with Crippen LogP contribution >= 0.6 is 11.6 Å². The Labute approximate surface area is 160 Å². The van der Waals surface area contributed by atoms with Crippen molar-refractivity contribution < 1.29 is 9.15 Å². The molecule has 0 fully saturated rings. The summed E-state index contributed by atoms with van der Waals surface area (Å²) in [5.74, 6) is 0.937. The molecule has 0 N–H and O–H groups in total. The topological polar surface area (TPSA) is 52.3 Å². The molecule has 1 aliphatic rings. The minimum absolute atomic E-state index is 0.283. The lowest BCUT2D eigenvalue weighted by atomic mass is 9.89. The molecule has 27 heavy (non-hydrogen) atoms. The van der Waals surface area contributed by atoms with Gasteiger partial charge >= 0.3 is 5.63 Å². The van der Waals surface area contributed by atoms with Gasteiger partial charge in [0.15, 0.2) is 0 Å². The average molecular weight is 378 g/mol. The Kier molecular flexibility index (Phi) is 3.37. The van der Waals surface area contributed by atoms with Crippen LogP contribution in [0.5, 0.6) is 11.5 Å². The van der Waals surface area contributed by atoms with Gasteiger partial charge in [0.1, 0.15) is 22.2 Å². The monoisotopic (exact) mass is 377 g/mol. The molecule has 2 aromatic carbocycles. The van der Waals surface area contributed by atoms with Gasteiger partial charge in [0.2, 0.25) is 0 Å². The van der Waals surface area contributed by atoms with Crippen LogP contribution in [-0.4, -0.2) is 4.98 Å². The van der Waals surface area contributed by atoms with E-state index in [9.17, 15) is 4.79 Å². The predicted molar refractivity (Wildman–Crippen MR) is 106 cm³/mol. The number of pyridine rings is 1. The molecule has 2 aromatic heterocycles. The van der Waals surface area contributed by atoms with E-state index in [1.165, 1.54) is 0 Å². The molecule has 0 aliphatic carbocycles. The lowest BCUT2D eigenvalue weighted by Gasteiger charge is -2.27. The highest BCUT2D eigenvalue weighted by molar-refractivity contribution is 6.31. The zero-order chi connectivity index (χ0) is 18.9. The Morgan fingerprint density at radius 1 is 0.963 bits per heavy atom. The summed E-state index contributed by atoms with van der Waals surface area (Å²) in [5.41, 5.74) is 4.25. The minimum atomic E-state index is -0.403. The first kappa shape index (κ1) is 16.3. The molecule has 1 atom stereocenters. The van der Waals surface area contributed by atoms with E-state index in [2.05, 4.69) is 4.98 Å². The second-order valence-electron chi connectivity index (χ2n) is 7.12. The third-order valence-corrected chi connectivity index (χ3v) is 5.49. The molecule has 0 saturated carbocycles. The van der Waals surface area contributed by atoms with Crippen LogP contribution in [0, 0.1) is 13.8 Å². The number of ether oxygens (including phenoxy) is 1. The van der Waals surface area contributed by atoms with Crippen molar-refractivity contribution >= 4 is 33.5 Å². The number of rotatable bonds is 0. The maximum atomic E-state index is 12.7. The number of fused-ring (bicyclic) bond motifs is 6. The smallest absolute Gasteiger partial charge is 0.343 e. The molecule has 4 nitrogen and oxygen atoms in total. The maximum Gasteiger partial charge on any atom is 0.343 e. The summed E-state index contributed by atoms with van der Waals surface area (Å²) in [4.78, 5) is 17.2. The summed E-state index contributed by atoms with van der Waals surface area (Å²) in [7, 11) is 0. The van der Waals surface area contributed by atoms with Gasteiger partial charge in [-0.1, -0.05) is 41.8 Å². The van der Waals surface area contributed by atoms with Crippen LogP contribution < -0.4 is 10.4 Å². The lowest BCUT2D eigenvalue weighted by molar-refractivity contribution is 0.440. The largest absolute Gasteiger partial charge is 0.455 e. The first-order chi connectivity index (χ1) is 12.9. The normalized spacial score (nSPS) is 15.5. The standard InChI is InChI=1S/C22H16ClNO3/c1-10-4-6-15-13(8-10)19-17(21(23)24-15)12(3)18-20(27-19)14-9-11(2)5-7-16(14)26-22(18)25/h4-9,12H,1-3H3. The SMILES string of the molecule is Cc1ccc2nc(Cl)c3c(c2c1)Oc1c(c(=O)oc2ccc(C)cc12)C3C. The predicted octanol–water partition coefficient (Wildman–Crippen LogP) is 5.87. The molecule has 5 heteroatoms. The summed E-state index contributed by atoms with van der Waals surface area (Å²) in [5, 5.41) is 2.03. The number of aryl methyl sites for hydroxylation is 2. The molecule has 1 aliphatic heterocycles. The van der Waals surface area contributed by atoms with E-state index in [1.807, 2.05) is 51.1 Å². The number of hydrogen-bond donors (Lipinski definition) is 0. The van der Waals surface area contributed by atoms with Crippen LogP contribution in [-0.2, 0) is 0 Å². The Bertz CT molecular complexity index is 1320. The molecule has 0 bridgehead atoms. The van der Waals surface area contributed by atoms with Gasteiger partial charge in [-0.25, -0.2) is 9.78 Å². The second-order valence-corrected chi connectivity index (χ2v) is 7.48. The molecule has 5 rings (SSSR count). The molecular formula is C22H16ClNO3. The molecule has 0 amide bonds. The Morgan fingerprint density at radius 3 is 2.41 bits per heavy atom. The fourth-order valence-electron chi connectivity index (χ4n) is 3.85. The number of hydrogen-bond acceptors (Lipinski definition) is 4. The number of nitrogens with zero attached hydrogens (tertiary/aromatic N) is 1. The van der Waals surface area contributed by atoms with Crippen molar-refractivity contribution in [3.05, 3.63) is 74.2 Å². The maximum absolute atomic E-state index is 12.7. The molecule has 0 radical (unpaired) electrons. The zero-order valence-corrected chi connectivity index (χ0v) is 15.8. The molecule has 0 saturated heterocycles. The van der Waals surface area contributed by atoms with Crippen LogP contribution in [0.25, 0.3) is 21.9 Å². The van der Waals surface area contributed by atoms with E-state index in [0.717, 1.165) is 33.0 Å². The van der Waals surface area contributed by atoms with Gasteiger partial charge in [0.05, 0.1) is 16.5 Å². The summed E-state index contributed by atoms with van der Waals surface area (Å²) in [6.45, 7) is 5.96. The summed E-state index contributed by atoms with van der Waals surface area (Å²) < 4.78 is 11.9. The fourth-order valence-corrected chi connectivity index (χ4v) is 4.19. The third kappa shape index (κ3) is 2.30. The minimum Gasteiger partial charge on any atom is -0.455 e. The number of halogens is 1. The quantitative estimate of drug-likeness (QED) is 0.284. The van der Waals surface area contributed by atoms with Gasteiger partial charge < -0.3 is 9.15 Å². The molecule has 4 aromatic rings. The van der Waals surface area contributed by atoms with Crippen molar-refractivity contribution in [2.75, 3.05) is 0 Å². The van der Waals surface area contributed by atoms with Gasteiger partial charge in [0, 0.05) is 16.9 Å². The van der Waals surface area contributed by atoms with E-state index in [4.69, 9.17) is 20.8 Å². The highest BCUT2D eigenvalue weighted by atomic mass is 35.5. The van der Waals surface area contributed by atoms with Crippen LogP contribution in [0.3, 0.4) is 0 Å². The molecule has 3 heterocycles. The van der Waals surface area contributed by atoms with Crippen molar-refractivity contribution in [3.63, 3.8) is 0 Å². The highest BCUT2D eigenvalue weighted by Gasteiger charge is 2.33. The summed E-state index contributed by atoms with van der Waals surface area (Å²) in [6.07, 6.45) is 0. The highest BCUT2D eigenvalue weighted by Crippen LogP contribution is 2.50. The Morgan fingerprint density at radius 2 is 1.63 bits per heavy atom. The van der Waals surface area contributed by atoms with E-state index in [1.54, 1.807) is 6.07 Å². The second kappa shape index (κ2) is 5.57. The van der Waals surface area contributed by atoms with E-state index >= 15 is 0 Å². The molecule has 0 spiro atoms. The Balaban J connectivity index is 1.91. The summed E-state index contributed by atoms with van der Waals surface area (Å²) >= 11 is 6.49. The van der Waals surface area contributed by atoms with Crippen molar-refractivity contribution in [2.24, 2.45) is 0 Å². The lowest BCUT2D eigenvalue weighted by Crippen LogP contribution is -2.19. The zero-order valence-electron chi connectivity index (χ0n) is 15.1. The van der Waals surface area contributed by atoms with Gasteiger partial charge in [0.25, 0.3) is 0 Å². The fraction of sp³-hybridized carbons (Fsp3) is 0.182. The summed E-state index contributed by atoms with van der Waals surface area (Å²) in [6, 6.07) is 11.7. The van der Waals surface area contributed by atoms with Gasteiger partial charge in [-0.3, -0.25) is 0 Å². The van der Waals surface area contributed by atoms with E-state index in [0.29, 0.717) is 27.8 Å². The number of benzene rings is 2. The van der Waals surface area contributed by atoms with Crippen molar-refractivity contribution in [1.82, 2.24) is 4.98 Å². The Hall–Kier alpha value is -2.85. The van der Waals surface area contributed by atoms with Crippen molar-refractivity contribution in [3.8, 4) is 11.5 Å². The molecular weight excluding hydrogens is 362 g/mol. The van der Waals surface area contributed by atoms with Gasteiger partial charge in [-0.05, 0) is 38.1 Å². The van der Waals surface area contributed by atoms with Crippen molar-refractivity contribution in [2.45, 2.75) is 26.7 Å². The molecule has 1 unspecified atom stereocenters. The van der Waals surface area contributed by atoms with Crippen LogP contribution in [0.4, 0.5) is 0 Å².